The molecular formula is C16H9ClF6O2. The van der Waals surface area contributed by atoms with Crippen LogP contribution in [0.15, 0.2) is 36.4 Å². The number of carbonyl (C=O) groups excluding carboxylic acids is 1. The quantitative estimate of drug-likeness (QED) is 0.509. The number of carbonyl (C=O) groups is 1. The summed E-state index contributed by atoms with van der Waals surface area (Å²) in [5.41, 5.74) is -4.00. The number of ether oxygens (including phenoxy) is 1. The summed E-state index contributed by atoms with van der Waals surface area (Å²) in [6.45, 7) is 0. The molecule has 0 unspecified atom stereocenters. The summed E-state index contributed by atoms with van der Waals surface area (Å²) in [7, 11) is 0.955. The highest BCUT2D eigenvalue weighted by atomic mass is 35.5. The molecule has 0 heterocycles. The molecule has 0 aliphatic heterocycles. The van der Waals surface area contributed by atoms with Crippen molar-refractivity contribution in [2.45, 2.75) is 12.4 Å². The highest BCUT2D eigenvalue weighted by Gasteiger charge is 2.38. The maximum absolute atomic E-state index is 13.1. The lowest BCUT2D eigenvalue weighted by Crippen LogP contribution is -2.15. The van der Waals surface area contributed by atoms with E-state index in [0.29, 0.717) is 12.1 Å². The van der Waals surface area contributed by atoms with Crippen molar-refractivity contribution < 1.29 is 35.9 Å². The number of hydrogen-bond donors (Lipinski definition) is 0. The lowest BCUT2D eigenvalue weighted by Gasteiger charge is -2.16. The normalized spacial score (nSPS) is 12.2. The van der Waals surface area contributed by atoms with Crippen molar-refractivity contribution >= 4 is 17.4 Å². The molecule has 0 N–H and O–H groups in total. The molecular weight excluding hydrogens is 374 g/mol. The van der Waals surface area contributed by atoms with Gasteiger partial charge < -0.3 is 4.74 Å². The van der Waals surface area contributed by atoms with Gasteiger partial charge in [-0.1, -0.05) is 29.8 Å². The zero-order valence-electron chi connectivity index (χ0n) is 12.4. The van der Waals surface area contributed by atoms with Crippen LogP contribution in [0.4, 0.5) is 26.3 Å². The fourth-order valence-electron chi connectivity index (χ4n) is 2.23. The van der Waals surface area contributed by atoms with E-state index >= 15 is 0 Å². The smallest absolute Gasteiger partial charge is 0.420 e. The minimum atomic E-state index is -4.91. The third-order valence-electron chi connectivity index (χ3n) is 3.29. The number of hydrogen-bond acceptors (Lipinski definition) is 2. The molecule has 0 aromatic heterocycles. The van der Waals surface area contributed by atoms with Gasteiger partial charge in [-0.05, 0) is 18.2 Å². The summed E-state index contributed by atoms with van der Waals surface area (Å²) in [4.78, 5) is 12.4. The van der Waals surface area contributed by atoms with E-state index in [1.54, 1.807) is 0 Å². The molecule has 0 saturated carbocycles. The average molecular weight is 383 g/mol. The van der Waals surface area contributed by atoms with E-state index in [9.17, 15) is 31.1 Å². The summed E-state index contributed by atoms with van der Waals surface area (Å²) in [5.74, 6) is -1.95. The molecule has 2 nitrogen and oxygen atoms in total. The van der Waals surface area contributed by atoms with Crippen molar-refractivity contribution in [2.24, 2.45) is 0 Å². The van der Waals surface area contributed by atoms with Crippen LogP contribution in [0.25, 0.3) is 0 Å². The van der Waals surface area contributed by atoms with Crippen molar-refractivity contribution in [2.75, 3.05) is 7.11 Å². The minimum Gasteiger partial charge on any atom is -0.495 e. The number of alkyl halides is 6. The van der Waals surface area contributed by atoms with E-state index in [2.05, 4.69) is 4.74 Å². The van der Waals surface area contributed by atoms with Gasteiger partial charge in [0.1, 0.15) is 5.75 Å². The number of benzene rings is 2. The Morgan fingerprint density at radius 1 is 0.960 bits per heavy atom. The number of ketones is 1. The second-order valence-electron chi connectivity index (χ2n) is 4.91. The van der Waals surface area contributed by atoms with Gasteiger partial charge in [0.2, 0.25) is 0 Å². The molecule has 0 amide bonds. The van der Waals surface area contributed by atoms with Gasteiger partial charge in [-0.25, -0.2) is 0 Å². The van der Waals surface area contributed by atoms with Gasteiger partial charge in [0.05, 0.1) is 23.3 Å². The minimum absolute atomic E-state index is 0.417. The molecule has 2 aromatic carbocycles. The van der Waals surface area contributed by atoms with Crippen LogP contribution in [-0.4, -0.2) is 12.9 Å². The topological polar surface area (TPSA) is 26.3 Å². The van der Waals surface area contributed by atoms with Gasteiger partial charge >= 0.3 is 12.4 Å². The van der Waals surface area contributed by atoms with Crippen molar-refractivity contribution in [1.82, 2.24) is 0 Å². The lowest BCUT2D eigenvalue weighted by molar-refractivity contribution is -0.139. The van der Waals surface area contributed by atoms with Crippen LogP contribution < -0.4 is 4.74 Å². The fourth-order valence-corrected chi connectivity index (χ4v) is 2.52. The molecule has 0 fully saturated rings. The van der Waals surface area contributed by atoms with Crippen molar-refractivity contribution in [3.05, 3.63) is 63.7 Å². The third kappa shape index (κ3) is 3.89. The summed E-state index contributed by atoms with van der Waals surface area (Å²) in [5, 5.41) is -0.537. The molecule has 0 aliphatic carbocycles. The largest absolute Gasteiger partial charge is 0.495 e. The lowest BCUT2D eigenvalue weighted by atomic mass is 9.96. The van der Waals surface area contributed by atoms with Crippen LogP contribution in [0, 0.1) is 0 Å². The Bertz CT molecular complexity index is 811. The Labute approximate surface area is 143 Å². The van der Waals surface area contributed by atoms with Crippen molar-refractivity contribution in [3.63, 3.8) is 0 Å². The second-order valence-corrected chi connectivity index (χ2v) is 5.32. The fraction of sp³-hybridized carbons (Fsp3) is 0.188. The molecule has 2 rings (SSSR count). The van der Waals surface area contributed by atoms with E-state index in [4.69, 9.17) is 11.6 Å². The zero-order chi connectivity index (χ0) is 19.0. The molecule has 9 heteroatoms. The highest BCUT2D eigenvalue weighted by Crippen LogP contribution is 2.42. The summed E-state index contributed by atoms with van der Waals surface area (Å²) >= 11 is 5.70. The molecule has 25 heavy (non-hydrogen) atoms. The third-order valence-corrected chi connectivity index (χ3v) is 3.57. The molecule has 0 aliphatic rings. The molecule has 0 radical (unpaired) electrons. The van der Waals surface area contributed by atoms with Crippen molar-refractivity contribution in [3.8, 4) is 5.75 Å². The van der Waals surface area contributed by atoms with Gasteiger partial charge in [-0.3, -0.25) is 4.79 Å². The Kier molecular flexibility index (Phi) is 5.04. The first-order chi connectivity index (χ1) is 11.5. The van der Waals surface area contributed by atoms with Gasteiger partial charge in [0.25, 0.3) is 0 Å². The second kappa shape index (κ2) is 6.59. The van der Waals surface area contributed by atoms with Crippen LogP contribution in [0.2, 0.25) is 5.02 Å². The Morgan fingerprint density at radius 3 is 2.04 bits per heavy atom. The van der Waals surface area contributed by atoms with Crippen LogP contribution >= 0.6 is 11.6 Å². The Morgan fingerprint density at radius 2 is 1.52 bits per heavy atom. The first-order valence-electron chi connectivity index (χ1n) is 6.62. The van der Waals surface area contributed by atoms with E-state index in [-0.39, 0.29) is 0 Å². The van der Waals surface area contributed by atoms with Gasteiger partial charge in [0, 0.05) is 11.1 Å². The molecule has 134 valence electrons. The number of rotatable bonds is 3. The highest BCUT2D eigenvalue weighted by molar-refractivity contribution is 6.32. The van der Waals surface area contributed by atoms with Gasteiger partial charge in [-0.15, -0.1) is 0 Å². The Balaban J connectivity index is 2.65. The van der Waals surface area contributed by atoms with Crippen LogP contribution in [0.3, 0.4) is 0 Å². The predicted molar refractivity (Wildman–Crippen MR) is 77.9 cm³/mol. The van der Waals surface area contributed by atoms with Gasteiger partial charge in [-0.2, -0.15) is 26.3 Å². The van der Waals surface area contributed by atoms with E-state index in [1.165, 1.54) is 6.07 Å². The monoisotopic (exact) mass is 382 g/mol. The van der Waals surface area contributed by atoms with E-state index in [1.807, 2.05) is 0 Å². The average Bonchev–Trinajstić information content (AvgIpc) is 2.51. The SMILES string of the molecule is COc1c(Cl)cc(C(=O)c2ccccc2C(F)(F)F)cc1C(F)(F)F. The number of halogens is 7. The first kappa shape index (κ1) is 19.1. The van der Waals surface area contributed by atoms with E-state index in [0.717, 1.165) is 25.3 Å². The Hall–Kier alpha value is -2.22. The first-order valence-corrected chi connectivity index (χ1v) is 7.00. The van der Waals surface area contributed by atoms with E-state index < -0.39 is 51.2 Å². The molecule has 0 bridgehead atoms. The molecule has 0 spiro atoms. The number of methoxy groups -OCH3 is 1. The standard InChI is InChI=1S/C16H9ClF6O2/c1-25-14-11(16(21,22)23)6-8(7-12(14)17)13(24)9-4-2-3-5-10(9)15(18,19)20/h2-7H,1H3. The van der Waals surface area contributed by atoms with Crippen LogP contribution in [0.5, 0.6) is 5.75 Å². The van der Waals surface area contributed by atoms with Crippen LogP contribution in [-0.2, 0) is 12.4 Å². The van der Waals surface area contributed by atoms with Gasteiger partial charge in [0.15, 0.2) is 5.78 Å². The predicted octanol–water partition coefficient (Wildman–Crippen LogP) is 5.62. The summed E-state index contributed by atoms with van der Waals surface area (Å²) < 4.78 is 82.9. The molecule has 0 saturated heterocycles. The molecule has 0 atom stereocenters. The maximum Gasteiger partial charge on any atom is 0.420 e. The maximum atomic E-state index is 13.1. The molecule has 2 aromatic rings. The summed E-state index contributed by atoms with van der Waals surface area (Å²) in [6, 6.07) is 5.06. The zero-order valence-corrected chi connectivity index (χ0v) is 13.2. The van der Waals surface area contributed by atoms with Crippen LogP contribution in [0.1, 0.15) is 27.0 Å². The summed E-state index contributed by atoms with van der Waals surface area (Å²) in [6.07, 6.45) is -9.75. The van der Waals surface area contributed by atoms with Crippen molar-refractivity contribution in [1.29, 1.82) is 0 Å².